The second kappa shape index (κ2) is 5.74. The van der Waals surface area contributed by atoms with Crippen molar-refractivity contribution in [3.63, 3.8) is 0 Å². The molecule has 0 spiro atoms. The molecule has 1 saturated carbocycles. The number of nitrogens with zero attached hydrogens (tertiary/aromatic N) is 1. The lowest BCUT2D eigenvalue weighted by Gasteiger charge is -2.24. The summed E-state index contributed by atoms with van der Waals surface area (Å²) < 4.78 is 0. The Morgan fingerprint density at radius 3 is 2.57 bits per heavy atom. The molecule has 3 heteroatoms. The molecule has 1 amide bonds. The van der Waals surface area contributed by atoms with Crippen LogP contribution in [0.2, 0.25) is 0 Å². The van der Waals surface area contributed by atoms with Crippen LogP contribution in [0.1, 0.15) is 33.1 Å². The largest absolute Gasteiger partial charge is 0.342 e. The molecule has 0 aromatic carbocycles. The first-order chi connectivity index (χ1) is 6.70. The molecule has 1 atom stereocenters. The first-order valence-electron chi connectivity index (χ1n) is 5.55. The number of hydrogen-bond donors (Lipinski definition) is 0. The van der Waals surface area contributed by atoms with Gasteiger partial charge in [0.2, 0.25) is 5.91 Å². The molecule has 0 aromatic rings. The van der Waals surface area contributed by atoms with Crippen LogP contribution < -0.4 is 0 Å². The molecule has 1 fully saturated rings. The highest BCUT2D eigenvalue weighted by Gasteiger charge is 2.34. The summed E-state index contributed by atoms with van der Waals surface area (Å²) in [6.45, 7) is 5.96. The van der Waals surface area contributed by atoms with Gasteiger partial charge in [-0.1, -0.05) is 29.8 Å². The second-order valence-electron chi connectivity index (χ2n) is 4.14. The number of alkyl halides is 1. The first kappa shape index (κ1) is 12.0. The Morgan fingerprint density at radius 2 is 2.14 bits per heavy atom. The van der Waals surface area contributed by atoms with E-state index in [9.17, 15) is 4.79 Å². The van der Waals surface area contributed by atoms with Crippen molar-refractivity contribution in [3.8, 4) is 0 Å². The maximum absolute atomic E-state index is 12.0. The maximum atomic E-state index is 12.0. The Labute approximate surface area is 95.2 Å². The zero-order valence-corrected chi connectivity index (χ0v) is 10.7. The molecule has 0 N–H and O–H groups in total. The van der Waals surface area contributed by atoms with Crippen molar-refractivity contribution in [3.05, 3.63) is 0 Å². The van der Waals surface area contributed by atoms with Crippen molar-refractivity contribution in [2.45, 2.75) is 33.1 Å². The molecular formula is C11H20BrNO. The summed E-state index contributed by atoms with van der Waals surface area (Å²) in [4.78, 5) is 14.0. The lowest BCUT2D eigenvalue weighted by Crippen LogP contribution is -2.37. The molecule has 1 unspecified atom stereocenters. The van der Waals surface area contributed by atoms with Gasteiger partial charge in [-0.25, -0.2) is 0 Å². The molecule has 0 aliphatic heterocycles. The van der Waals surface area contributed by atoms with Gasteiger partial charge in [-0.3, -0.25) is 4.79 Å². The van der Waals surface area contributed by atoms with Gasteiger partial charge in [0.15, 0.2) is 0 Å². The van der Waals surface area contributed by atoms with E-state index < -0.39 is 0 Å². The van der Waals surface area contributed by atoms with E-state index in [1.807, 2.05) is 4.90 Å². The van der Waals surface area contributed by atoms with Crippen LogP contribution in [-0.2, 0) is 4.79 Å². The molecule has 14 heavy (non-hydrogen) atoms. The predicted molar refractivity (Wildman–Crippen MR) is 62.6 cm³/mol. The van der Waals surface area contributed by atoms with Crippen molar-refractivity contribution in [2.75, 3.05) is 18.4 Å². The van der Waals surface area contributed by atoms with E-state index in [0.29, 0.717) is 11.8 Å². The number of carbonyl (C=O) groups excluding carboxylic acids is 1. The van der Waals surface area contributed by atoms with Gasteiger partial charge in [0.25, 0.3) is 0 Å². The zero-order chi connectivity index (χ0) is 10.6. The van der Waals surface area contributed by atoms with E-state index in [1.54, 1.807) is 0 Å². The summed E-state index contributed by atoms with van der Waals surface area (Å²) >= 11 is 3.40. The summed E-state index contributed by atoms with van der Waals surface area (Å²) in [5, 5.41) is 0.885. The van der Waals surface area contributed by atoms with E-state index in [-0.39, 0.29) is 5.92 Å². The molecule has 0 saturated heterocycles. The van der Waals surface area contributed by atoms with Crippen molar-refractivity contribution in [1.82, 2.24) is 4.90 Å². The normalized spacial score (nSPS) is 17.9. The topological polar surface area (TPSA) is 20.3 Å². The second-order valence-corrected chi connectivity index (χ2v) is 4.93. The molecule has 0 radical (unpaired) electrons. The molecule has 1 aliphatic rings. The van der Waals surface area contributed by atoms with Gasteiger partial charge in [-0.05, 0) is 25.2 Å². The molecule has 0 heterocycles. The van der Waals surface area contributed by atoms with Gasteiger partial charge in [0, 0.05) is 24.3 Å². The van der Waals surface area contributed by atoms with Gasteiger partial charge in [-0.2, -0.15) is 0 Å². The Hall–Kier alpha value is -0.0500. The average molecular weight is 262 g/mol. The molecule has 2 nitrogen and oxygen atoms in total. The van der Waals surface area contributed by atoms with Crippen molar-refractivity contribution in [2.24, 2.45) is 11.8 Å². The number of amides is 1. The highest BCUT2D eigenvalue weighted by atomic mass is 79.9. The molecule has 0 bridgehead atoms. The van der Waals surface area contributed by atoms with Crippen LogP contribution in [0.4, 0.5) is 0 Å². The summed E-state index contributed by atoms with van der Waals surface area (Å²) in [6.07, 6.45) is 3.55. The van der Waals surface area contributed by atoms with E-state index in [4.69, 9.17) is 0 Å². The van der Waals surface area contributed by atoms with Crippen LogP contribution in [-0.4, -0.2) is 29.2 Å². The minimum absolute atomic E-state index is 0.251. The van der Waals surface area contributed by atoms with Gasteiger partial charge < -0.3 is 4.90 Å². The van der Waals surface area contributed by atoms with E-state index >= 15 is 0 Å². The summed E-state index contributed by atoms with van der Waals surface area (Å²) in [6, 6.07) is 0. The summed E-state index contributed by atoms with van der Waals surface area (Å²) in [7, 11) is 0. The van der Waals surface area contributed by atoms with Crippen LogP contribution in [0.15, 0.2) is 0 Å². The van der Waals surface area contributed by atoms with Gasteiger partial charge >= 0.3 is 0 Å². The van der Waals surface area contributed by atoms with E-state index in [1.165, 1.54) is 12.8 Å². The van der Waals surface area contributed by atoms with Crippen LogP contribution in [0.25, 0.3) is 0 Å². The Morgan fingerprint density at radius 1 is 1.50 bits per heavy atom. The highest BCUT2D eigenvalue weighted by Crippen LogP contribution is 2.37. The van der Waals surface area contributed by atoms with Crippen LogP contribution in [0.5, 0.6) is 0 Å². The van der Waals surface area contributed by atoms with Crippen molar-refractivity contribution >= 4 is 21.8 Å². The van der Waals surface area contributed by atoms with Crippen LogP contribution >= 0.6 is 15.9 Å². The third-order valence-corrected chi connectivity index (χ3v) is 3.23. The Bertz CT molecular complexity index is 186. The lowest BCUT2D eigenvalue weighted by atomic mass is 10.0. The molecular weight excluding hydrogens is 242 g/mol. The minimum atomic E-state index is 0.251. The average Bonchev–Trinajstić information content (AvgIpc) is 2.98. The zero-order valence-electron chi connectivity index (χ0n) is 9.13. The molecule has 0 aromatic heterocycles. The highest BCUT2D eigenvalue weighted by molar-refractivity contribution is 9.09. The predicted octanol–water partition coefficient (Wildman–Crippen LogP) is 2.67. The standard InChI is InChI=1S/C11H20BrNO/c1-3-7-13(8-6-12)11(14)9(2)10-4-5-10/h9-10H,3-8H2,1-2H3. The summed E-state index contributed by atoms with van der Waals surface area (Å²) in [5.74, 6) is 1.28. The lowest BCUT2D eigenvalue weighted by molar-refractivity contribution is -0.135. The van der Waals surface area contributed by atoms with E-state index in [2.05, 4.69) is 29.8 Å². The van der Waals surface area contributed by atoms with Gasteiger partial charge in [-0.15, -0.1) is 0 Å². The number of carbonyl (C=O) groups is 1. The molecule has 1 aliphatic carbocycles. The van der Waals surface area contributed by atoms with Crippen LogP contribution in [0.3, 0.4) is 0 Å². The fourth-order valence-corrected chi connectivity index (χ4v) is 2.22. The quantitative estimate of drug-likeness (QED) is 0.674. The third-order valence-electron chi connectivity index (χ3n) is 2.88. The first-order valence-corrected chi connectivity index (χ1v) is 6.67. The number of rotatable bonds is 6. The Balaban J connectivity index is 2.43. The third kappa shape index (κ3) is 3.26. The van der Waals surface area contributed by atoms with E-state index in [0.717, 1.165) is 24.8 Å². The molecule has 1 rings (SSSR count). The fraction of sp³-hybridized carbons (Fsp3) is 0.909. The Kier molecular flexibility index (Phi) is 4.93. The number of hydrogen-bond acceptors (Lipinski definition) is 1. The van der Waals surface area contributed by atoms with Gasteiger partial charge in [0.05, 0.1) is 0 Å². The van der Waals surface area contributed by atoms with Crippen molar-refractivity contribution in [1.29, 1.82) is 0 Å². The fourth-order valence-electron chi connectivity index (χ4n) is 1.79. The SMILES string of the molecule is CCCN(CCBr)C(=O)C(C)C1CC1. The summed E-state index contributed by atoms with van der Waals surface area (Å²) in [5.41, 5.74) is 0. The maximum Gasteiger partial charge on any atom is 0.225 e. The van der Waals surface area contributed by atoms with Gasteiger partial charge in [0.1, 0.15) is 0 Å². The molecule has 82 valence electrons. The minimum Gasteiger partial charge on any atom is -0.342 e. The monoisotopic (exact) mass is 261 g/mol. The van der Waals surface area contributed by atoms with Crippen molar-refractivity contribution < 1.29 is 4.79 Å². The number of halogens is 1. The smallest absolute Gasteiger partial charge is 0.225 e. The van der Waals surface area contributed by atoms with Crippen LogP contribution in [0, 0.1) is 11.8 Å².